The van der Waals surface area contributed by atoms with Crippen LogP contribution in [0.2, 0.25) is 0 Å². The molecule has 0 amide bonds. The van der Waals surface area contributed by atoms with Crippen LogP contribution in [0.1, 0.15) is 11.4 Å². The van der Waals surface area contributed by atoms with Crippen molar-refractivity contribution in [2.45, 2.75) is 13.5 Å². The van der Waals surface area contributed by atoms with Gasteiger partial charge in [-0.3, -0.25) is 4.98 Å². The second-order valence-corrected chi connectivity index (χ2v) is 4.61. The van der Waals surface area contributed by atoms with Crippen LogP contribution in [0.15, 0.2) is 22.8 Å². The molecule has 0 aromatic carbocycles. The normalized spacial score (nSPS) is 10.3. The standard InChI is InChI=1S/C11H12BrN5O/c1-6-9(13)10(17-11(18)16-6)15-5-8-3-2-7(12)4-14-8/h2-4H,5,13H2,1H3,(H2,15,16,17,18). The highest BCUT2D eigenvalue weighted by Crippen LogP contribution is 2.21. The third-order valence-corrected chi connectivity index (χ3v) is 2.82. The van der Waals surface area contributed by atoms with Crippen molar-refractivity contribution in [3.05, 3.63) is 34.2 Å². The fraction of sp³-hybridized carbons (Fsp3) is 0.182. The summed E-state index contributed by atoms with van der Waals surface area (Å²) in [4.78, 5) is 11.8. The van der Waals surface area contributed by atoms with Gasteiger partial charge in [0.05, 0.1) is 23.6 Å². The fourth-order valence-corrected chi connectivity index (χ4v) is 1.62. The highest BCUT2D eigenvalue weighted by molar-refractivity contribution is 9.10. The first-order valence-electron chi connectivity index (χ1n) is 5.23. The first kappa shape index (κ1) is 12.6. The van der Waals surface area contributed by atoms with Crippen LogP contribution in [0, 0.1) is 6.92 Å². The summed E-state index contributed by atoms with van der Waals surface area (Å²) in [5.41, 5.74) is 7.61. The molecule has 0 bridgehead atoms. The van der Waals surface area contributed by atoms with Crippen LogP contribution in [-0.4, -0.2) is 20.1 Å². The van der Waals surface area contributed by atoms with Crippen molar-refractivity contribution in [1.82, 2.24) is 15.0 Å². The lowest BCUT2D eigenvalue weighted by molar-refractivity contribution is 0.430. The zero-order valence-electron chi connectivity index (χ0n) is 9.68. The number of aromatic nitrogens is 3. The van der Waals surface area contributed by atoms with E-state index in [-0.39, 0.29) is 6.01 Å². The fourth-order valence-electron chi connectivity index (χ4n) is 1.39. The molecular weight excluding hydrogens is 298 g/mol. The van der Waals surface area contributed by atoms with E-state index in [1.165, 1.54) is 0 Å². The lowest BCUT2D eigenvalue weighted by atomic mass is 10.3. The molecular formula is C11H12BrN5O. The number of nitrogens with one attached hydrogen (secondary N) is 1. The first-order valence-corrected chi connectivity index (χ1v) is 6.03. The molecule has 0 fully saturated rings. The van der Waals surface area contributed by atoms with E-state index >= 15 is 0 Å². The molecule has 2 aromatic heterocycles. The average molecular weight is 310 g/mol. The Bertz CT molecular complexity index is 558. The van der Waals surface area contributed by atoms with Crippen LogP contribution in [0.4, 0.5) is 11.5 Å². The summed E-state index contributed by atoms with van der Waals surface area (Å²) in [6, 6.07) is 3.48. The number of hydrogen-bond donors (Lipinski definition) is 3. The molecule has 0 saturated carbocycles. The molecule has 4 N–H and O–H groups in total. The van der Waals surface area contributed by atoms with E-state index < -0.39 is 0 Å². The molecule has 0 aliphatic heterocycles. The number of nitrogens with zero attached hydrogens (tertiary/aromatic N) is 3. The number of nitrogen functional groups attached to an aromatic ring is 1. The summed E-state index contributed by atoms with van der Waals surface area (Å²) >= 11 is 3.32. The third-order valence-electron chi connectivity index (χ3n) is 2.35. The summed E-state index contributed by atoms with van der Waals surface area (Å²) in [5, 5.41) is 12.3. The van der Waals surface area contributed by atoms with Gasteiger partial charge in [0.1, 0.15) is 0 Å². The van der Waals surface area contributed by atoms with E-state index in [9.17, 15) is 5.11 Å². The molecule has 94 valence electrons. The Hall–Kier alpha value is -1.89. The highest BCUT2D eigenvalue weighted by Gasteiger charge is 2.07. The zero-order valence-corrected chi connectivity index (χ0v) is 11.3. The summed E-state index contributed by atoms with van der Waals surface area (Å²) < 4.78 is 0.918. The van der Waals surface area contributed by atoms with Crippen molar-refractivity contribution in [3.63, 3.8) is 0 Å². The maximum atomic E-state index is 9.31. The molecule has 2 heterocycles. The smallest absolute Gasteiger partial charge is 0.316 e. The van der Waals surface area contributed by atoms with Gasteiger partial charge in [-0.25, -0.2) is 0 Å². The van der Waals surface area contributed by atoms with Gasteiger partial charge in [0.25, 0.3) is 0 Å². The number of hydrogen-bond acceptors (Lipinski definition) is 6. The minimum Gasteiger partial charge on any atom is -0.479 e. The Kier molecular flexibility index (Phi) is 3.61. The van der Waals surface area contributed by atoms with Gasteiger partial charge in [-0.05, 0) is 35.0 Å². The van der Waals surface area contributed by atoms with Gasteiger partial charge in [-0.1, -0.05) is 0 Å². The SMILES string of the molecule is Cc1nc(O)nc(NCc2ccc(Br)cn2)c1N. The Morgan fingerprint density at radius 2 is 2.17 bits per heavy atom. The van der Waals surface area contributed by atoms with E-state index in [0.717, 1.165) is 10.2 Å². The summed E-state index contributed by atoms with van der Waals surface area (Å²) in [7, 11) is 0. The predicted octanol–water partition coefficient (Wildman–Crippen LogP) is 1.84. The van der Waals surface area contributed by atoms with E-state index in [1.807, 2.05) is 12.1 Å². The van der Waals surface area contributed by atoms with Crippen LogP contribution >= 0.6 is 15.9 Å². The Morgan fingerprint density at radius 1 is 1.39 bits per heavy atom. The van der Waals surface area contributed by atoms with Crippen LogP contribution in [0.3, 0.4) is 0 Å². The summed E-state index contributed by atoms with van der Waals surface area (Å²) in [6.07, 6.45) is 1.71. The number of pyridine rings is 1. The van der Waals surface area contributed by atoms with E-state index in [0.29, 0.717) is 23.7 Å². The van der Waals surface area contributed by atoms with Crippen molar-refractivity contribution in [3.8, 4) is 6.01 Å². The topological polar surface area (TPSA) is 97.0 Å². The molecule has 2 rings (SSSR count). The number of nitrogens with two attached hydrogens (primary N) is 1. The Labute approximate surface area is 112 Å². The maximum absolute atomic E-state index is 9.31. The van der Waals surface area contributed by atoms with Gasteiger partial charge < -0.3 is 16.2 Å². The van der Waals surface area contributed by atoms with Gasteiger partial charge in [-0.2, -0.15) is 9.97 Å². The van der Waals surface area contributed by atoms with Gasteiger partial charge in [-0.15, -0.1) is 0 Å². The van der Waals surface area contributed by atoms with Crippen molar-refractivity contribution in [1.29, 1.82) is 0 Å². The largest absolute Gasteiger partial charge is 0.479 e. The van der Waals surface area contributed by atoms with Crippen molar-refractivity contribution in [2.75, 3.05) is 11.1 Å². The van der Waals surface area contributed by atoms with Gasteiger partial charge >= 0.3 is 6.01 Å². The van der Waals surface area contributed by atoms with Crippen LogP contribution in [-0.2, 0) is 6.54 Å². The Balaban J connectivity index is 2.13. The lowest BCUT2D eigenvalue weighted by Crippen LogP contribution is -2.08. The van der Waals surface area contributed by atoms with Crippen molar-refractivity contribution >= 4 is 27.4 Å². The first-order chi connectivity index (χ1) is 8.56. The monoisotopic (exact) mass is 309 g/mol. The van der Waals surface area contributed by atoms with Crippen molar-refractivity contribution < 1.29 is 5.11 Å². The van der Waals surface area contributed by atoms with Gasteiger partial charge in [0.15, 0.2) is 5.82 Å². The molecule has 18 heavy (non-hydrogen) atoms. The minimum atomic E-state index is -0.298. The molecule has 0 saturated heterocycles. The Morgan fingerprint density at radius 3 is 2.83 bits per heavy atom. The quantitative estimate of drug-likeness (QED) is 0.800. The second-order valence-electron chi connectivity index (χ2n) is 3.69. The molecule has 0 unspecified atom stereocenters. The minimum absolute atomic E-state index is 0.298. The van der Waals surface area contributed by atoms with E-state index in [2.05, 4.69) is 36.2 Å². The van der Waals surface area contributed by atoms with Crippen LogP contribution in [0.5, 0.6) is 6.01 Å². The molecule has 0 atom stereocenters. The van der Waals surface area contributed by atoms with Crippen LogP contribution < -0.4 is 11.1 Å². The number of aromatic hydroxyl groups is 1. The summed E-state index contributed by atoms with van der Waals surface area (Å²) in [5.74, 6) is 0.407. The molecule has 0 spiro atoms. The molecule has 0 aliphatic rings. The molecule has 7 heteroatoms. The second kappa shape index (κ2) is 5.18. The molecule has 2 aromatic rings. The van der Waals surface area contributed by atoms with Crippen LogP contribution in [0.25, 0.3) is 0 Å². The zero-order chi connectivity index (χ0) is 13.1. The number of halogens is 1. The third kappa shape index (κ3) is 2.86. The molecule has 0 aliphatic carbocycles. The summed E-state index contributed by atoms with van der Waals surface area (Å²) in [6.45, 7) is 2.17. The van der Waals surface area contributed by atoms with Crippen molar-refractivity contribution in [2.24, 2.45) is 0 Å². The number of rotatable bonds is 3. The van der Waals surface area contributed by atoms with E-state index in [4.69, 9.17) is 5.73 Å². The molecule has 6 nitrogen and oxygen atoms in total. The van der Waals surface area contributed by atoms with Gasteiger partial charge in [0.2, 0.25) is 0 Å². The lowest BCUT2D eigenvalue weighted by Gasteiger charge is -2.09. The highest BCUT2D eigenvalue weighted by atomic mass is 79.9. The van der Waals surface area contributed by atoms with Gasteiger partial charge in [0, 0.05) is 10.7 Å². The predicted molar refractivity (Wildman–Crippen MR) is 72.1 cm³/mol. The maximum Gasteiger partial charge on any atom is 0.316 e. The average Bonchev–Trinajstić information content (AvgIpc) is 2.34. The molecule has 0 radical (unpaired) electrons. The number of aryl methyl sites for hydroxylation is 1. The number of anilines is 2. The van der Waals surface area contributed by atoms with E-state index in [1.54, 1.807) is 13.1 Å².